The summed E-state index contributed by atoms with van der Waals surface area (Å²) < 4.78 is 10.4. The molecule has 0 bridgehead atoms. The van der Waals surface area contributed by atoms with Gasteiger partial charge in [0.05, 0.1) is 6.54 Å². The van der Waals surface area contributed by atoms with Crippen LogP contribution in [0.15, 0.2) is 27.8 Å². The Morgan fingerprint density at radius 2 is 1.77 bits per heavy atom. The summed E-state index contributed by atoms with van der Waals surface area (Å²) in [5, 5.41) is 9.76. The van der Waals surface area contributed by atoms with Crippen molar-refractivity contribution >= 4 is 11.2 Å². The van der Waals surface area contributed by atoms with Crippen LogP contribution < -0.4 is 16.0 Å². The normalized spacial score (nSPS) is 11.4. The quantitative estimate of drug-likeness (QED) is 0.536. The number of fused-ring (bicyclic) bond motifs is 1. The van der Waals surface area contributed by atoms with Crippen LogP contribution in [0.4, 0.5) is 0 Å². The molecule has 3 aromatic rings. The number of ether oxygens (including phenoxy) is 1. The van der Waals surface area contributed by atoms with Gasteiger partial charge in [-0.3, -0.25) is 13.9 Å². The number of aryl methyl sites for hydroxylation is 4. The molecule has 31 heavy (non-hydrogen) atoms. The van der Waals surface area contributed by atoms with Crippen molar-refractivity contribution < 1.29 is 9.84 Å². The minimum atomic E-state index is -0.391. The van der Waals surface area contributed by atoms with E-state index < -0.39 is 5.56 Å². The fourth-order valence-electron chi connectivity index (χ4n) is 3.75. The molecule has 0 fully saturated rings. The molecule has 2 heterocycles. The van der Waals surface area contributed by atoms with Crippen molar-refractivity contribution in [3.63, 3.8) is 0 Å². The van der Waals surface area contributed by atoms with Crippen LogP contribution in [-0.4, -0.2) is 30.4 Å². The maximum atomic E-state index is 13.3. The van der Waals surface area contributed by atoms with Crippen LogP contribution in [0, 0.1) is 13.8 Å². The first-order chi connectivity index (χ1) is 14.9. The molecule has 0 aliphatic carbocycles. The van der Waals surface area contributed by atoms with Crippen molar-refractivity contribution in [3.8, 4) is 5.75 Å². The Kier molecular flexibility index (Phi) is 7.33. The lowest BCUT2D eigenvalue weighted by atomic mass is 10.1. The van der Waals surface area contributed by atoms with E-state index >= 15 is 0 Å². The van der Waals surface area contributed by atoms with Crippen molar-refractivity contribution in [2.45, 2.75) is 73.2 Å². The largest absolute Gasteiger partial charge is 0.491 e. The first-order valence-corrected chi connectivity index (χ1v) is 11.0. The number of rotatable bonds is 10. The fourth-order valence-corrected chi connectivity index (χ4v) is 3.75. The van der Waals surface area contributed by atoms with Gasteiger partial charge in [0.15, 0.2) is 11.2 Å². The third kappa shape index (κ3) is 4.58. The molecule has 0 radical (unpaired) electrons. The average molecular weight is 429 g/mol. The second-order valence-corrected chi connectivity index (χ2v) is 7.87. The number of aliphatic hydroxyl groups excluding tert-OH is 1. The van der Waals surface area contributed by atoms with E-state index in [4.69, 9.17) is 4.74 Å². The number of imidazole rings is 1. The predicted octanol–water partition coefficient (Wildman–Crippen LogP) is 2.76. The second-order valence-electron chi connectivity index (χ2n) is 7.87. The SMILES string of the molecule is CCCCn1c(=O)n(CCOc2cc(C)ccc2C)c(=O)c2c1nc(CO)n2CCC. The van der Waals surface area contributed by atoms with Gasteiger partial charge < -0.3 is 14.4 Å². The van der Waals surface area contributed by atoms with Gasteiger partial charge in [-0.15, -0.1) is 0 Å². The Labute approximate surface area is 181 Å². The summed E-state index contributed by atoms with van der Waals surface area (Å²) in [5.41, 5.74) is 2.03. The molecular formula is C23H32N4O4. The molecule has 1 N–H and O–H groups in total. The van der Waals surface area contributed by atoms with Crippen molar-refractivity contribution in [1.82, 2.24) is 18.7 Å². The van der Waals surface area contributed by atoms with Gasteiger partial charge in [0, 0.05) is 13.1 Å². The smallest absolute Gasteiger partial charge is 0.332 e. The van der Waals surface area contributed by atoms with E-state index in [1.807, 2.05) is 45.9 Å². The van der Waals surface area contributed by atoms with Crippen LogP contribution >= 0.6 is 0 Å². The van der Waals surface area contributed by atoms with E-state index in [-0.39, 0.29) is 25.4 Å². The standard InChI is InChI=1S/C23H32N4O4/c1-5-7-11-26-21-20(25(10-6-2)19(15-28)24-21)22(29)27(23(26)30)12-13-31-18-14-16(3)8-9-17(18)4/h8-9,14,28H,5-7,10-13,15H2,1-4H3. The molecule has 0 atom stereocenters. The molecule has 168 valence electrons. The van der Waals surface area contributed by atoms with Gasteiger partial charge in [-0.05, 0) is 43.9 Å². The molecule has 0 saturated carbocycles. The monoisotopic (exact) mass is 428 g/mol. The molecule has 2 aromatic heterocycles. The summed E-state index contributed by atoms with van der Waals surface area (Å²) in [6, 6.07) is 5.95. The molecule has 8 heteroatoms. The zero-order valence-corrected chi connectivity index (χ0v) is 18.8. The zero-order chi connectivity index (χ0) is 22.5. The predicted molar refractivity (Wildman–Crippen MR) is 121 cm³/mol. The van der Waals surface area contributed by atoms with Gasteiger partial charge in [-0.25, -0.2) is 9.78 Å². The lowest BCUT2D eigenvalue weighted by Gasteiger charge is -2.14. The Morgan fingerprint density at radius 3 is 2.45 bits per heavy atom. The Balaban J connectivity index is 2.05. The average Bonchev–Trinajstić information content (AvgIpc) is 3.11. The van der Waals surface area contributed by atoms with Crippen molar-refractivity contribution in [2.75, 3.05) is 6.61 Å². The molecule has 0 spiro atoms. The van der Waals surface area contributed by atoms with Crippen LogP contribution in [0.2, 0.25) is 0 Å². The number of hydrogen-bond acceptors (Lipinski definition) is 5. The number of aliphatic hydroxyl groups is 1. The number of aromatic nitrogens is 4. The molecule has 0 aliphatic rings. The van der Waals surface area contributed by atoms with Crippen LogP contribution in [-0.2, 0) is 26.2 Å². The summed E-state index contributed by atoms with van der Waals surface area (Å²) in [4.78, 5) is 31.0. The van der Waals surface area contributed by atoms with Gasteiger partial charge in [0.2, 0.25) is 0 Å². The van der Waals surface area contributed by atoms with E-state index in [0.717, 1.165) is 36.1 Å². The fraction of sp³-hybridized carbons (Fsp3) is 0.522. The van der Waals surface area contributed by atoms with Gasteiger partial charge in [-0.1, -0.05) is 32.4 Å². The highest BCUT2D eigenvalue weighted by molar-refractivity contribution is 5.71. The lowest BCUT2D eigenvalue weighted by Crippen LogP contribution is -2.41. The van der Waals surface area contributed by atoms with Crippen LogP contribution in [0.3, 0.4) is 0 Å². The highest BCUT2D eigenvalue weighted by Gasteiger charge is 2.21. The number of benzene rings is 1. The maximum Gasteiger partial charge on any atom is 0.332 e. The van der Waals surface area contributed by atoms with Crippen LogP contribution in [0.25, 0.3) is 11.2 Å². The number of hydrogen-bond donors (Lipinski definition) is 1. The minimum Gasteiger partial charge on any atom is -0.491 e. The molecule has 0 saturated heterocycles. The Morgan fingerprint density at radius 1 is 1.00 bits per heavy atom. The van der Waals surface area contributed by atoms with Crippen molar-refractivity contribution in [2.24, 2.45) is 0 Å². The van der Waals surface area contributed by atoms with Crippen LogP contribution in [0.5, 0.6) is 5.75 Å². The van der Waals surface area contributed by atoms with Crippen molar-refractivity contribution in [3.05, 3.63) is 56.0 Å². The topological polar surface area (TPSA) is 91.3 Å². The second kappa shape index (κ2) is 9.96. The van der Waals surface area contributed by atoms with Gasteiger partial charge in [0.1, 0.15) is 24.8 Å². The third-order valence-corrected chi connectivity index (χ3v) is 5.43. The van der Waals surface area contributed by atoms with Crippen molar-refractivity contribution in [1.29, 1.82) is 0 Å². The van der Waals surface area contributed by atoms with Gasteiger partial charge >= 0.3 is 5.69 Å². The molecule has 8 nitrogen and oxygen atoms in total. The van der Waals surface area contributed by atoms with E-state index in [2.05, 4.69) is 4.98 Å². The van der Waals surface area contributed by atoms with E-state index in [1.54, 1.807) is 9.13 Å². The first kappa shape index (κ1) is 22.8. The molecular weight excluding hydrogens is 396 g/mol. The van der Waals surface area contributed by atoms with Gasteiger partial charge in [-0.2, -0.15) is 0 Å². The highest BCUT2D eigenvalue weighted by atomic mass is 16.5. The lowest BCUT2D eigenvalue weighted by molar-refractivity contribution is 0.265. The molecule has 0 aliphatic heterocycles. The van der Waals surface area contributed by atoms with Crippen LogP contribution in [0.1, 0.15) is 50.1 Å². The maximum absolute atomic E-state index is 13.3. The van der Waals surface area contributed by atoms with Gasteiger partial charge in [0.25, 0.3) is 5.56 Å². The van der Waals surface area contributed by atoms with E-state index in [1.165, 1.54) is 4.57 Å². The molecule has 0 unspecified atom stereocenters. The number of unbranched alkanes of at least 4 members (excludes halogenated alkanes) is 1. The molecule has 1 aromatic carbocycles. The Hall–Kier alpha value is -2.87. The summed E-state index contributed by atoms with van der Waals surface area (Å²) in [7, 11) is 0. The summed E-state index contributed by atoms with van der Waals surface area (Å²) in [5.74, 6) is 1.15. The number of nitrogens with zero attached hydrogens (tertiary/aromatic N) is 4. The summed E-state index contributed by atoms with van der Waals surface area (Å²) in [6.07, 6.45) is 2.48. The highest BCUT2D eigenvalue weighted by Crippen LogP contribution is 2.19. The zero-order valence-electron chi connectivity index (χ0n) is 18.8. The summed E-state index contributed by atoms with van der Waals surface area (Å²) >= 11 is 0. The van der Waals surface area contributed by atoms with E-state index in [0.29, 0.717) is 30.1 Å². The summed E-state index contributed by atoms with van der Waals surface area (Å²) in [6.45, 7) is 9.07. The third-order valence-electron chi connectivity index (χ3n) is 5.43. The molecule has 0 amide bonds. The Bertz CT molecular complexity index is 1170. The molecule has 3 rings (SSSR count). The first-order valence-electron chi connectivity index (χ1n) is 11.0. The van der Waals surface area contributed by atoms with E-state index in [9.17, 15) is 14.7 Å². The minimum absolute atomic E-state index is 0.138.